The SMILES string of the molecule is CC(C)N(CC(=O)N1CCn2cccc2[C@H]1c1cccc(Oc2ccccc2)c1)C(=O)c1ccc(F)cc1. The van der Waals surface area contributed by atoms with E-state index >= 15 is 0 Å². The Bertz CT molecular complexity index is 1420. The molecule has 0 bridgehead atoms. The predicted octanol–water partition coefficient (Wildman–Crippen LogP) is 5.90. The highest BCUT2D eigenvalue weighted by Crippen LogP contribution is 2.35. The quantitative estimate of drug-likeness (QED) is 0.310. The van der Waals surface area contributed by atoms with Gasteiger partial charge >= 0.3 is 0 Å². The summed E-state index contributed by atoms with van der Waals surface area (Å²) in [5.74, 6) is 0.549. The highest BCUT2D eigenvalue weighted by Gasteiger charge is 2.34. The molecule has 38 heavy (non-hydrogen) atoms. The van der Waals surface area contributed by atoms with Crippen molar-refractivity contribution < 1.29 is 18.7 Å². The molecule has 0 fully saturated rings. The van der Waals surface area contributed by atoms with Crippen molar-refractivity contribution in [1.29, 1.82) is 0 Å². The van der Waals surface area contributed by atoms with Crippen molar-refractivity contribution in [2.45, 2.75) is 32.5 Å². The zero-order valence-electron chi connectivity index (χ0n) is 21.5. The summed E-state index contributed by atoms with van der Waals surface area (Å²) < 4.78 is 21.6. The number of nitrogens with zero attached hydrogens (tertiary/aromatic N) is 3. The van der Waals surface area contributed by atoms with Crippen LogP contribution in [0.2, 0.25) is 0 Å². The van der Waals surface area contributed by atoms with Crippen LogP contribution in [-0.2, 0) is 11.3 Å². The number of benzene rings is 3. The van der Waals surface area contributed by atoms with Crippen molar-refractivity contribution in [2.75, 3.05) is 13.1 Å². The molecule has 1 aromatic heterocycles. The second kappa shape index (κ2) is 10.9. The molecule has 0 saturated heterocycles. The summed E-state index contributed by atoms with van der Waals surface area (Å²) in [5.41, 5.74) is 2.28. The van der Waals surface area contributed by atoms with Crippen LogP contribution in [0.15, 0.2) is 97.2 Å². The van der Waals surface area contributed by atoms with Gasteiger partial charge in [-0.05, 0) is 80.1 Å². The Hall–Kier alpha value is -4.39. The second-order valence-corrected chi connectivity index (χ2v) is 9.64. The summed E-state index contributed by atoms with van der Waals surface area (Å²) >= 11 is 0. The summed E-state index contributed by atoms with van der Waals surface area (Å²) in [6, 6.07) is 26.2. The molecule has 0 spiro atoms. The number of amides is 2. The Morgan fingerprint density at radius 3 is 2.39 bits per heavy atom. The van der Waals surface area contributed by atoms with Crippen molar-refractivity contribution in [1.82, 2.24) is 14.4 Å². The lowest BCUT2D eigenvalue weighted by molar-refractivity contribution is -0.135. The average molecular weight is 512 g/mol. The maximum absolute atomic E-state index is 13.8. The topological polar surface area (TPSA) is 54.8 Å². The third kappa shape index (κ3) is 5.32. The molecule has 6 nitrogen and oxygen atoms in total. The van der Waals surface area contributed by atoms with Crippen molar-refractivity contribution in [2.24, 2.45) is 0 Å². The molecule has 3 aromatic carbocycles. The molecule has 194 valence electrons. The monoisotopic (exact) mass is 511 g/mol. The third-order valence-corrected chi connectivity index (χ3v) is 6.79. The molecule has 1 aliphatic heterocycles. The van der Waals surface area contributed by atoms with Crippen LogP contribution in [0.4, 0.5) is 4.39 Å². The number of para-hydroxylation sites is 1. The second-order valence-electron chi connectivity index (χ2n) is 9.64. The first-order valence-corrected chi connectivity index (χ1v) is 12.7. The van der Waals surface area contributed by atoms with Crippen LogP contribution in [0, 0.1) is 5.82 Å². The van der Waals surface area contributed by atoms with Crippen LogP contribution in [0.5, 0.6) is 11.5 Å². The fourth-order valence-corrected chi connectivity index (χ4v) is 4.86. The molecule has 0 saturated carbocycles. The van der Waals surface area contributed by atoms with E-state index < -0.39 is 5.82 Å². The first kappa shape index (κ1) is 25.3. The molecule has 0 aliphatic carbocycles. The Kier molecular flexibility index (Phi) is 7.26. The normalized spacial score (nSPS) is 14.7. The first-order valence-electron chi connectivity index (χ1n) is 12.7. The molecule has 2 amide bonds. The number of rotatable bonds is 7. The molecule has 0 unspecified atom stereocenters. The van der Waals surface area contributed by atoms with E-state index in [4.69, 9.17) is 4.74 Å². The van der Waals surface area contributed by atoms with Crippen LogP contribution < -0.4 is 4.74 Å². The van der Waals surface area contributed by atoms with Gasteiger partial charge in [0.25, 0.3) is 5.91 Å². The largest absolute Gasteiger partial charge is 0.457 e. The molecule has 1 atom stereocenters. The van der Waals surface area contributed by atoms with E-state index in [-0.39, 0.29) is 30.4 Å². The van der Waals surface area contributed by atoms with E-state index in [0.717, 1.165) is 17.0 Å². The fourth-order valence-electron chi connectivity index (χ4n) is 4.86. The number of fused-ring (bicyclic) bond motifs is 1. The van der Waals surface area contributed by atoms with Crippen molar-refractivity contribution in [3.63, 3.8) is 0 Å². The maximum Gasteiger partial charge on any atom is 0.254 e. The zero-order valence-corrected chi connectivity index (χ0v) is 21.5. The first-order chi connectivity index (χ1) is 18.4. The van der Waals surface area contributed by atoms with Crippen molar-refractivity contribution >= 4 is 11.8 Å². The summed E-state index contributed by atoms with van der Waals surface area (Å²) in [5, 5.41) is 0. The molecule has 5 rings (SSSR count). The smallest absolute Gasteiger partial charge is 0.254 e. The van der Waals surface area contributed by atoms with Crippen LogP contribution in [0.1, 0.15) is 41.5 Å². The molecular weight excluding hydrogens is 481 g/mol. The Morgan fingerprint density at radius 2 is 1.66 bits per heavy atom. The number of carbonyl (C=O) groups is 2. The van der Waals surface area contributed by atoms with Crippen LogP contribution in [0.25, 0.3) is 0 Å². The lowest BCUT2D eigenvalue weighted by Gasteiger charge is -2.39. The molecule has 2 heterocycles. The Morgan fingerprint density at radius 1 is 0.921 bits per heavy atom. The van der Waals surface area contributed by atoms with Gasteiger partial charge in [-0.3, -0.25) is 9.59 Å². The Labute approximate surface area is 221 Å². The minimum absolute atomic E-state index is 0.0781. The van der Waals surface area contributed by atoms with Gasteiger partial charge in [-0.1, -0.05) is 30.3 Å². The average Bonchev–Trinajstić information content (AvgIpc) is 3.41. The van der Waals surface area contributed by atoms with Gasteiger partial charge in [0.15, 0.2) is 0 Å². The van der Waals surface area contributed by atoms with E-state index in [0.29, 0.717) is 24.4 Å². The summed E-state index contributed by atoms with van der Waals surface area (Å²) in [4.78, 5) is 30.5. The van der Waals surface area contributed by atoms with E-state index in [1.165, 1.54) is 29.2 Å². The molecule has 0 N–H and O–H groups in total. The molecule has 7 heteroatoms. The highest BCUT2D eigenvalue weighted by atomic mass is 19.1. The minimum Gasteiger partial charge on any atom is -0.457 e. The standard InChI is InChI=1S/C31H30FN3O3/c1-22(2)35(31(37)23-13-15-25(32)16-14-23)21-29(36)34-19-18-33-17-7-12-28(33)30(34)24-8-6-11-27(20-24)38-26-9-4-3-5-10-26/h3-17,20,22,30H,18-19,21H2,1-2H3/t30-/m1/s1. The number of hydrogen-bond donors (Lipinski definition) is 0. The maximum atomic E-state index is 13.8. The molecule has 4 aromatic rings. The highest BCUT2D eigenvalue weighted by molar-refractivity contribution is 5.96. The summed E-state index contributed by atoms with van der Waals surface area (Å²) in [6.45, 7) is 4.84. The van der Waals surface area contributed by atoms with E-state index in [1.54, 1.807) is 0 Å². The summed E-state index contributed by atoms with van der Waals surface area (Å²) in [6.07, 6.45) is 2.02. The van der Waals surface area contributed by atoms with Gasteiger partial charge in [0.1, 0.15) is 23.9 Å². The van der Waals surface area contributed by atoms with Gasteiger partial charge in [-0.25, -0.2) is 4.39 Å². The van der Waals surface area contributed by atoms with Crippen LogP contribution in [0.3, 0.4) is 0 Å². The number of aromatic nitrogens is 1. The van der Waals surface area contributed by atoms with Gasteiger partial charge in [-0.15, -0.1) is 0 Å². The lowest BCUT2D eigenvalue weighted by atomic mass is 9.99. The minimum atomic E-state index is -0.411. The molecule has 0 radical (unpaired) electrons. The number of ether oxygens (including phenoxy) is 1. The third-order valence-electron chi connectivity index (χ3n) is 6.79. The van der Waals surface area contributed by atoms with Gasteiger partial charge in [0.05, 0.1) is 6.04 Å². The molecular formula is C31H30FN3O3. The van der Waals surface area contributed by atoms with Crippen molar-refractivity contribution in [3.8, 4) is 11.5 Å². The number of hydrogen-bond acceptors (Lipinski definition) is 3. The van der Waals surface area contributed by atoms with Crippen molar-refractivity contribution in [3.05, 3.63) is 120 Å². The van der Waals surface area contributed by atoms with Gasteiger partial charge < -0.3 is 19.1 Å². The summed E-state index contributed by atoms with van der Waals surface area (Å²) in [7, 11) is 0. The fraction of sp³-hybridized carbons (Fsp3) is 0.226. The lowest BCUT2D eigenvalue weighted by Crippen LogP contribution is -2.49. The number of halogens is 1. The van der Waals surface area contributed by atoms with E-state index in [2.05, 4.69) is 4.57 Å². The van der Waals surface area contributed by atoms with E-state index in [1.807, 2.05) is 91.7 Å². The van der Waals surface area contributed by atoms with Crippen LogP contribution in [-0.4, -0.2) is 45.3 Å². The Balaban J connectivity index is 1.43. The van der Waals surface area contributed by atoms with Crippen LogP contribution >= 0.6 is 0 Å². The van der Waals surface area contributed by atoms with Gasteiger partial charge in [0, 0.05) is 36.6 Å². The van der Waals surface area contributed by atoms with E-state index in [9.17, 15) is 14.0 Å². The predicted molar refractivity (Wildman–Crippen MR) is 144 cm³/mol. The van der Waals surface area contributed by atoms with Gasteiger partial charge in [0.2, 0.25) is 5.91 Å². The number of carbonyl (C=O) groups excluding carboxylic acids is 2. The molecule has 1 aliphatic rings. The van der Waals surface area contributed by atoms with Gasteiger partial charge in [-0.2, -0.15) is 0 Å². The zero-order chi connectivity index (χ0) is 26.6.